The van der Waals surface area contributed by atoms with E-state index >= 15 is 0 Å². The molecule has 1 saturated carbocycles. The van der Waals surface area contributed by atoms with Crippen molar-refractivity contribution in [1.82, 2.24) is 14.9 Å². The second-order valence-electron chi connectivity index (χ2n) is 6.14. The Morgan fingerprint density at radius 2 is 2.00 bits per heavy atom. The lowest BCUT2D eigenvalue weighted by Gasteiger charge is -2.24. The van der Waals surface area contributed by atoms with Crippen LogP contribution in [-0.4, -0.2) is 62.4 Å². The van der Waals surface area contributed by atoms with Gasteiger partial charge in [-0.25, -0.2) is 17.9 Å². The molecule has 9 heteroatoms. The van der Waals surface area contributed by atoms with Gasteiger partial charge >= 0.3 is 12.0 Å². The summed E-state index contributed by atoms with van der Waals surface area (Å²) in [7, 11) is -3.23. The number of nitrogens with zero attached hydrogens (tertiary/aromatic N) is 1. The van der Waals surface area contributed by atoms with E-state index in [1.54, 1.807) is 0 Å². The van der Waals surface area contributed by atoms with Gasteiger partial charge in [0, 0.05) is 25.7 Å². The number of hydrogen-bond acceptors (Lipinski definition) is 4. The van der Waals surface area contributed by atoms with Crippen LogP contribution in [0.15, 0.2) is 0 Å². The molecular weight excluding hydrogens is 310 g/mol. The topological polar surface area (TPSA) is 116 Å². The second-order valence-corrected chi connectivity index (χ2v) is 7.97. The Morgan fingerprint density at radius 1 is 1.27 bits per heavy atom. The molecule has 0 aromatic carbocycles. The lowest BCUT2D eigenvalue weighted by atomic mass is 10.0. The van der Waals surface area contributed by atoms with Gasteiger partial charge in [0.15, 0.2) is 0 Å². The molecule has 2 fully saturated rings. The number of nitrogens with one attached hydrogen (secondary N) is 2. The highest BCUT2D eigenvalue weighted by atomic mass is 32.2. The lowest BCUT2D eigenvalue weighted by Crippen LogP contribution is -2.47. The number of carboxylic acid groups (broad SMARTS) is 1. The molecule has 0 radical (unpaired) electrons. The normalized spacial score (nSPS) is 28.8. The zero-order valence-corrected chi connectivity index (χ0v) is 13.4. The minimum Gasteiger partial charge on any atom is -0.481 e. The van der Waals surface area contributed by atoms with Crippen molar-refractivity contribution in [3.05, 3.63) is 0 Å². The summed E-state index contributed by atoms with van der Waals surface area (Å²) in [6.07, 6.45) is 4.22. The summed E-state index contributed by atoms with van der Waals surface area (Å²) >= 11 is 0. The number of urea groups is 1. The predicted octanol–water partition coefficient (Wildman–Crippen LogP) is -0.180. The Kier molecular flexibility index (Phi) is 5.28. The molecule has 126 valence electrons. The molecule has 0 aromatic rings. The molecule has 22 heavy (non-hydrogen) atoms. The van der Waals surface area contributed by atoms with Crippen LogP contribution in [0.4, 0.5) is 4.79 Å². The SMILES string of the molecule is CS(=O)(=O)NCC1CCCC1NC(=O)N1CCC(C(=O)O)C1. The molecule has 3 N–H and O–H groups in total. The molecular formula is C13H23N3O5S. The number of rotatable bonds is 5. The number of carbonyl (C=O) groups is 2. The van der Waals surface area contributed by atoms with E-state index in [2.05, 4.69) is 10.0 Å². The maximum Gasteiger partial charge on any atom is 0.317 e. The second kappa shape index (κ2) is 6.82. The lowest BCUT2D eigenvalue weighted by molar-refractivity contribution is -0.141. The van der Waals surface area contributed by atoms with E-state index in [1.807, 2.05) is 0 Å². The summed E-state index contributed by atoms with van der Waals surface area (Å²) in [5.74, 6) is -1.28. The largest absolute Gasteiger partial charge is 0.481 e. The Balaban J connectivity index is 1.84. The first-order chi connectivity index (χ1) is 10.3. The van der Waals surface area contributed by atoms with E-state index in [1.165, 1.54) is 4.90 Å². The first-order valence-electron chi connectivity index (χ1n) is 7.49. The van der Waals surface area contributed by atoms with Crippen molar-refractivity contribution >= 4 is 22.0 Å². The van der Waals surface area contributed by atoms with Gasteiger partial charge in [0.1, 0.15) is 0 Å². The van der Waals surface area contributed by atoms with Crippen molar-refractivity contribution in [2.45, 2.75) is 31.7 Å². The maximum atomic E-state index is 12.2. The molecule has 0 bridgehead atoms. The van der Waals surface area contributed by atoms with Crippen LogP contribution >= 0.6 is 0 Å². The molecule has 0 spiro atoms. The molecule has 0 aromatic heterocycles. The third-order valence-electron chi connectivity index (χ3n) is 4.40. The quantitative estimate of drug-likeness (QED) is 0.645. The van der Waals surface area contributed by atoms with E-state index in [9.17, 15) is 18.0 Å². The molecule has 3 atom stereocenters. The monoisotopic (exact) mass is 333 g/mol. The van der Waals surface area contributed by atoms with Crippen molar-refractivity contribution in [2.24, 2.45) is 11.8 Å². The molecule has 2 rings (SSSR count). The van der Waals surface area contributed by atoms with Crippen molar-refractivity contribution in [1.29, 1.82) is 0 Å². The first kappa shape index (κ1) is 17.0. The first-order valence-corrected chi connectivity index (χ1v) is 9.38. The zero-order chi connectivity index (χ0) is 16.3. The van der Waals surface area contributed by atoms with Crippen molar-refractivity contribution in [3.63, 3.8) is 0 Å². The van der Waals surface area contributed by atoms with Crippen LogP contribution in [0.1, 0.15) is 25.7 Å². The van der Waals surface area contributed by atoms with Crippen molar-refractivity contribution < 1.29 is 23.1 Å². The molecule has 8 nitrogen and oxygen atoms in total. The summed E-state index contributed by atoms with van der Waals surface area (Å²) in [5, 5.41) is 11.9. The van der Waals surface area contributed by atoms with E-state index in [0.717, 1.165) is 25.5 Å². The Bertz CT molecular complexity index is 536. The average Bonchev–Trinajstić information content (AvgIpc) is 3.04. The van der Waals surface area contributed by atoms with Crippen LogP contribution in [0.5, 0.6) is 0 Å². The molecule has 1 aliphatic heterocycles. The molecule has 1 aliphatic carbocycles. The minimum atomic E-state index is -3.23. The van der Waals surface area contributed by atoms with Gasteiger partial charge in [-0.2, -0.15) is 0 Å². The van der Waals surface area contributed by atoms with Crippen LogP contribution < -0.4 is 10.0 Å². The van der Waals surface area contributed by atoms with Gasteiger partial charge in [-0.1, -0.05) is 6.42 Å². The van der Waals surface area contributed by atoms with Crippen molar-refractivity contribution in [2.75, 3.05) is 25.9 Å². The molecule has 2 amide bonds. The Hall–Kier alpha value is -1.35. The number of carboxylic acids is 1. The summed E-state index contributed by atoms with van der Waals surface area (Å²) in [4.78, 5) is 24.6. The van der Waals surface area contributed by atoms with Gasteiger partial charge in [-0.15, -0.1) is 0 Å². The Labute approximate surface area is 130 Å². The minimum absolute atomic E-state index is 0.0642. The van der Waals surface area contributed by atoms with Crippen LogP contribution in [0.3, 0.4) is 0 Å². The number of carbonyl (C=O) groups excluding carboxylic acids is 1. The van der Waals surface area contributed by atoms with Gasteiger partial charge < -0.3 is 15.3 Å². The zero-order valence-electron chi connectivity index (χ0n) is 12.6. The van der Waals surface area contributed by atoms with Crippen molar-refractivity contribution in [3.8, 4) is 0 Å². The van der Waals surface area contributed by atoms with E-state index in [-0.39, 0.29) is 24.5 Å². The maximum absolute atomic E-state index is 12.2. The van der Waals surface area contributed by atoms with Gasteiger partial charge in [-0.05, 0) is 25.2 Å². The van der Waals surface area contributed by atoms with Gasteiger partial charge in [0.05, 0.1) is 12.2 Å². The van der Waals surface area contributed by atoms with E-state index in [0.29, 0.717) is 19.5 Å². The summed E-state index contributed by atoms with van der Waals surface area (Å²) in [6, 6.07) is -0.314. The molecule has 3 unspecified atom stereocenters. The average molecular weight is 333 g/mol. The standard InChI is InChI=1S/C13H23N3O5S/c1-22(20,21)14-7-9-3-2-4-11(9)15-13(19)16-6-5-10(8-16)12(17)18/h9-11,14H,2-8H2,1H3,(H,15,19)(H,17,18). The molecule has 1 saturated heterocycles. The Morgan fingerprint density at radius 3 is 2.59 bits per heavy atom. The smallest absolute Gasteiger partial charge is 0.317 e. The fraction of sp³-hybridized carbons (Fsp3) is 0.846. The number of aliphatic carboxylic acids is 1. The van der Waals surface area contributed by atoms with Crippen LogP contribution in [-0.2, 0) is 14.8 Å². The number of likely N-dealkylation sites (tertiary alicyclic amines) is 1. The fourth-order valence-corrected chi connectivity index (χ4v) is 3.64. The molecule has 1 heterocycles. The highest BCUT2D eigenvalue weighted by Crippen LogP contribution is 2.26. The van der Waals surface area contributed by atoms with Gasteiger partial charge in [0.25, 0.3) is 0 Å². The van der Waals surface area contributed by atoms with E-state index in [4.69, 9.17) is 5.11 Å². The van der Waals surface area contributed by atoms with Gasteiger partial charge in [-0.3, -0.25) is 4.79 Å². The third kappa shape index (κ3) is 4.57. The number of hydrogen-bond donors (Lipinski definition) is 3. The summed E-state index contributed by atoms with van der Waals surface area (Å²) < 4.78 is 24.8. The molecule has 2 aliphatic rings. The van der Waals surface area contributed by atoms with Crippen LogP contribution in [0.2, 0.25) is 0 Å². The summed E-state index contributed by atoms with van der Waals surface area (Å²) in [6.45, 7) is 1.00. The highest BCUT2D eigenvalue weighted by Gasteiger charge is 2.34. The predicted molar refractivity (Wildman–Crippen MR) is 79.8 cm³/mol. The third-order valence-corrected chi connectivity index (χ3v) is 5.09. The van der Waals surface area contributed by atoms with Crippen LogP contribution in [0, 0.1) is 11.8 Å². The van der Waals surface area contributed by atoms with Gasteiger partial charge in [0.2, 0.25) is 10.0 Å². The highest BCUT2D eigenvalue weighted by molar-refractivity contribution is 7.88. The number of amides is 2. The fourth-order valence-electron chi connectivity index (χ4n) is 3.13. The number of sulfonamides is 1. The summed E-state index contributed by atoms with van der Waals surface area (Å²) in [5.41, 5.74) is 0. The van der Waals surface area contributed by atoms with E-state index < -0.39 is 21.9 Å². The van der Waals surface area contributed by atoms with Crippen LogP contribution in [0.25, 0.3) is 0 Å².